The molecule has 0 radical (unpaired) electrons. The summed E-state index contributed by atoms with van der Waals surface area (Å²) in [4.78, 5) is 0. The van der Waals surface area contributed by atoms with Gasteiger partial charge in [-0.05, 0) is 31.4 Å². The fourth-order valence-corrected chi connectivity index (χ4v) is 1.76. The van der Waals surface area contributed by atoms with Crippen LogP contribution in [0, 0.1) is 11.8 Å². The average molecular weight is 256 g/mol. The molecule has 0 saturated carbocycles. The van der Waals surface area contributed by atoms with Crippen LogP contribution in [-0.4, -0.2) is 11.2 Å². The highest BCUT2D eigenvalue weighted by Gasteiger charge is 1.96. The van der Waals surface area contributed by atoms with Gasteiger partial charge >= 0.3 is 0 Å². The topological polar surface area (TPSA) is 20.2 Å². The maximum absolute atomic E-state index is 9.62. The van der Waals surface area contributed by atoms with Crippen LogP contribution >= 0.6 is 0 Å². The number of hydrogen-bond acceptors (Lipinski definition) is 1. The Labute approximate surface area is 117 Å². The van der Waals surface area contributed by atoms with Gasteiger partial charge in [-0.25, -0.2) is 0 Å². The van der Waals surface area contributed by atoms with E-state index in [2.05, 4.69) is 24.8 Å². The van der Waals surface area contributed by atoms with E-state index in [-0.39, 0.29) is 6.10 Å². The SMILES string of the molecule is CCCCC(O)/C=C/CCCC#Cc1ccccc1. The number of unbranched alkanes of at least 4 members (excludes halogenated alkanes) is 3. The van der Waals surface area contributed by atoms with Crippen molar-refractivity contribution in [2.75, 3.05) is 0 Å². The zero-order valence-corrected chi connectivity index (χ0v) is 11.8. The predicted molar refractivity (Wildman–Crippen MR) is 81.8 cm³/mol. The molecule has 0 fully saturated rings. The summed E-state index contributed by atoms with van der Waals surface area (Å²) in [5.41, 5.74) is 1.08. The first-order valence-electron chi connectivity index (χ1n) is 7.21. The van der Waals surface area contributed by atoms with Crippen LogP contribution in [0.1, 0.15) is 51.0 Å². The van der Waals surface area contributed by atoms with E-state index < -0.39 is 0 Å². The number of rotatable bonds is 7. The van der Waals surface area contributed by atoms with Crippen molar-refractivity contribution in [1.29, 1.82) is 0 Å². The predicted octanol–water partition coefficient (Wildman–Crippen LogP) is 4.32. The molecule has 1 aromatic carbocycles. The molecule has 1 N–H and O–H groups in total. The van der Waals surface area contributed by atoms with E-state index in [0.29, 0.717) is 0 Å². The van der Waals surface area contributed by atoms with Crippen LogP contribution in [0.25, 0.3) is 0 Å². The van der Waals surface area contributed by atoms with Crippen molar-refractivity contribution in [2.45, 2.75) is 51.6 Å². The Morgan fingerprint density at radius 2 is 2.00 bits per heavy atom. The minimum Gasteiger partial charge on any atom is -0.389 e. The van der Waals surface area contributed by atoms with Crippen LogP contribution in [0.15, 0.2) is 42.5 Å². The van der Waals surface area contributed by atoms with Gasteiger partial charge in [0.05, 0.1) is 6.10 Å². The Bertz CT molecular complexity index is 408. The molecule has 0 spiro atoms. The van der Waals surface area contributed by atoms with Crippen molar-refractivity contribution in [3.63, 3.8) is 0 Å². The monoisotopic (exact) mass is 256 g/mol. The summed E-state index contributed by atoms with van der Waals surface area (Å²) in [6, 6.07) is 10.1. The highest BCUT2D eigenvalue weighted by Crippen LogP contribution is 2.03. The molecular formula is C18H24O. The summed E-state index contributed by atoms with van der Waals surface area (Å²) in [5.74, 6) is 6.33. The molecule has 102 valence electrons. The van der Waals surface area contributed by atoms with Gasteiger partial charge in [0, 0.05) is 12.0 Å². The van der Waals surface area contributed by atoms with Gasteiger partial charge in [-0.15, -0.1) is 0 Å². The highest BCUT2D eigenvalue weighted by atomic mass is 16.3. The van der Waals surface area contributed by atoms with Gasteiger partial charge in [-0.2, -0.15) is 0 Å². The van der Waals surface area contributed by atoms with Crippen molar-refractivity contribution < 1.29 is 5.11 Å². The van der Waals surface area contributed by atoms with E-state index in [0.717, 1.165) is 44.1 Å². The van der Waals surface area contributed by atoms with Crippen molar-refractivity contribution in [2.24, 2.45) is 0 Å². The molecule has 1 rings (SSSR count). The van der Waals surface area contributed by atoms with E-state index in [4.69, 9.17) is 0 Å². The minimum atomic E-state index is -0.268. The molecule has 0 aliphatic carbocycles. The lowest BCUT2D eigenvalue weighted by molar-refractivity contribution is 0.209. The third-order valence-electron chi connectivity index (χ3n) is 2.89. The van der Waals surface area contributed by atoms with Crippen LogP contribution in [-0.2, 0) is 0 Å². The summed E-state index contributed by atoms with van der Waals surface area (Å²) >= 11 is 0. The Morgan fingerprint density at radius 3 is 2.74 bits per heavy atom. The maximum atomic E-state index is 9.62. The summed E-state index contributed by atoms with van der Waals surface area (Å²) in [6.45, 7) is 2.14. The van der Waals surface area contributed by atoms with Crippen LogP contribution < -0.4 is 0 Å². The highest BCUT2D eigenvalue weighted by molar-refractivity contribution is 5.33. The minimum absolute atomic E-state index is 0.268. The number of benzene rings is 1. The molecule has 0 heterocycles. The number of aliphatic hydroxyl groups is 1. The lowest BCUT2D eigenvalue weighted by Crippen LogP contribution is -2.00. The van der Waals surface area contributed by atoms with Crippen LogP contribution in [0.2, 0.25) is 0 Å². The van der Waals surface area contributed by atoms with Crippen molar-refractivity contribution >= 4 is 0 Å². The molecule has 0 aromatic heterocycles. The lowest BCUT2D eigenvalue weighted by atomic mass is 10.1. The summed E-state index contributed by atoms with van der Waals surface area (Å²) in [5, 5.41) is 9.62. The second-order valence-corrected chi connectivity index (χ2v) is 4.70. The Morgan fingerprint density at radius 1 is 1.21 bits per heavy atom. The summed E-state index contributed by atoms with van der Waals surface area (Å²) < 4.78 is 0. The van der Waals surface area contributed by atoms with E-state index in [1.54, 1.807) is 0 Å². The fourth-order valence-electron chi connectivity index (χ4n) is 1.76. The lowest BCUT2D eigenvalue weighted by Gasteiger charge is -2.02. The van der Waals surface area contributed by atoms with E-state index in [1.807, 2.05) is 36.4 Å². The van der Waals surface area contributed by atoms with Crippen molar-refractivity contribution in [1.82, 2.24) is 0 Å². The smallest absolute Gasteiger partial charge is 0.0720 e. The molecule has 0 aliphatic heterocycles. The maximum Gasteiger partial charge on any atom is 0.0720 e. The first kappa shape index (κ1) is 15.5. The van der Waals surface area contributed by atoms with Gasteiger partial charge in [0.2, 0.25) is 0 Å². The molecule has 1 unspecified atom stereocenters. The molecule has 19 heavy (non-hydrogen) atoms. The quantitative estimate of drug-likeness (QED) is 0.438. The second kappa shape index (κ2) is 10.4. The first-order chi connectivity index (χ1) is 9.33. The average Bonchev–Trinajstić information content (AvgIpc) is 2.45. The van der Waals surface area contributed by atoms with E-state index in [1.165, 1.54) is 0 Å². The third-order valence-corrected chi connectivity index (χ3v) is 2.89. The van der Waals surface area contributed by atoms with Gasteiger partial charge in [-0.3, -0.25) is 0 Å². The largest absolute Gasteiger partial charge is 0.389 e. The van der Waals surface area contributed by atoms with E-state index in [9.17, 15) is 5.11 Å². The Kier molecular flexibility index (Phi) is 8.51. The fraction of sp³-hybridized carbons (Fsp3) is 0.444. The standard InChI is InChI=1S/C18H24O/c1-2-3-15-18(19)16-11-6-4-5-8-12-17-13-9-7-10-14-17/h7,9-11,13-14,16,18-19H,2-6,15H2,1H3/b16-11+. The summed E-state index contributed by atoms with van der Waals surface area (Å²) in [6.07, 6.45) is 9.78. The molecule has 0 aliphatic rings. The van der Waals surface area contributed by atoms with Crippen molar-refractivity contribution in [3.8, 4) is 11.8 Å². The molecule has 1 atom stereocenters. The van der Waals surface area contributed by atoms with Gasteiger partial charge < -0.3 is 5.11 Å². The van der Waals surface area contributed by atoms with Crippen LogP contribution in [0.5, 0.6) is 0 Å². The molecule has 0 amide bonds. The van der Waals surface area contributed by atoms with E-state index >= 15 is 0 Å². The normalized spacial score (nSPS) is 12.1. The zero-order chi connectivity index (χ0) is 13.8. The van der Waals surface area contributed by atoms with Crippen LogP contribution in [0.3, 0.4) is 0 Å². The van der Waals surface area contributed by atoms with Crippen LogP contribution in [0.4, 0.5) is 0 Å². The Balaban J connectivity index is 2.11. The number of allylic oxidation sites excluding steroid dienone is 1. The third kappa shape index (κ3) is 8.24. The van der Waals surface area contributed by atoms with Gasteiger partial charge in [0.25, 0.3) is 0 Å². The summed E-state index contributed by atoms with van der Waals surface area (Å²) in [7, 11) is 0. The zero-order valence-electron chi connectivity index (χ0n) is 11.8. The van der Waals surface area contributed by atoms with Crippen molar-refractivity contribution in [3.05, 3.63) is 48.0 Å². The molecule has 1 aromatic rings. The number of hydrogen-bond donors (Lipinski definition) is 1. The van der Waals surface area contributed by atoms with Gasteiger partial charge in [0.15, 0.2) is 0 Å². The molecule has 1 nitrogen and oxygen atoms in total. The second-order valence-electron chi connectivity index (χ2n) is 4.70. The molecular weight excluding hydrogens is 232 g/mol. The molecule has 1 heteroatoms. The Hall–Kier alpha value is -1.52. The molecule has 0 saturated heterocycles. The number of aliphatic hydroxyl groups excluding tert-OH is 1. The first-order valence-corrected chi connectivity index (χ1v) is 7.21. The molecule has 0 bridgehead atoms. The van der Waals surface area contributed by atoms with Gasteiger partial charge in [0.1, 0.15) is 0 Å². The van der Waals surface area contributed by atoms with Gasteiger partial charge in [-0.1, -0.05) is 62.0 Å².